The molecule has 1 unspecified atom stereocenters. The molecule has 0 bridgehead atoms. The average molecular weight is 311 g/mol. The summed E-state index contributed by atoms with van der Waals surface area (Å²) in [6, 6.07) is 3.70. The lowest BCUT2D eigenvalue weighted by Crippen LogP contribution is -2.25. The second-order valence-electron chi connectivity index (χ2n) is 6.70. The van der Waals surface area contributed by atoms with Gasteiger partial charge < -0.3 is 5.32 Å². The van der Waals surface area contributed by atoms with Gasteiger partial charge in [-0.2, -0.15) is 5.10 Å². The summed E-state index contributed by atoms with van der Waals surface area (Å²) < 4.78 is 1.84. The van der Waals surface area contributed by atoms with Crippen LogP contribution in [0.25, 0.3) is 0 Å². The fourth-order valence-electron chi connectivity index (χ4n) is 3.84. The van der Waals surface area contributed by atoms with E-state index in [4.69, 9.17) is 0 Å². The lowest BCUT2D eigenvalue weighted by molar-refractivity contribution is -0.116. The molecule has 1 aliphatic heterocycles. The highest BCUT2D eigenvalue weighted by Gasteiger charge is 2.55. The summed E-state index contributed by atoms with van der Waals surface area (Å²) in [4.78, 5) is 18.6. The molecular weight excluding hydrogens is 290 g/mol. The second-order valence-corrected chi connectivity index (χ2v) is 6.70. The van der Waals surface area contributed by atoms with Gasteiger partial charge in [-0.25, -0.2) is 0 Å². The number of carbonyl (C=O) groups excluding carboxylic acids is 1. The van der Waals surface area contributed by atoms with Gasteiger partial charge in [-0.15, -0.1) is 0 Å². The van der Waals surface area contributed by atoms with Gasteiger partial charge in [0, 0.05) is 51.1 Å². The minimum Gasteiger partial charge on any atom is -0.325 e. The minimum atomic E-state index is 0.108. The molecule has 4 rings (SSSR count). The number of hydrogen-bond acceptors (Lipinski definition) is 4. The van der Waals surface area contributed by atoms with Gasteiger partial charge in [0.1, 0.15) is 0 Å². The molecule has 6 nitrogen and oxygen atoms in total. The quantitative estimate of drug-likeness (QED) is 0.909. The first-order valence-electron chi connectivity index (χ1n) is 8.09. The molecule has 120 valence electrons. The molecule has 0 spiro atoms. The van der Waals surface area contributed by atoms with E-state index in [1.807, 2.05) is 30.1 Å². The lowest BCUT2D eigenvalue weighted by atomic mass is 10.1. The van der Waals surface area contributed by atoms with Crippen molar-refractivity contribution in [1.29, 1.82) is 0 Å². The number of nitrogens with zero attached hydrogens (tertiary/aromatic N) is 4. The monoisotopic (exact) mass is 311 g/mol. The van der Waals surface area contributed by atoms with E-state index in [2.05, 4.69) is 26.5 Å². The summed E-state index contributed by atoms with van der Waals surface area (Å²) in [6.45, 7) is 3.17. The van der Waals surface area contributed by atoms with Crippen LogP contribution in [-0.4, -0.2) is 38.7 Å². The van der Waals surface area contributed by atoms with Crippen LogP contribution in [0.1, 0.15) is 12.0 Å². The molecule has 0 radical (unpaired) electrons. The van der Waals surface area contributed by atoms with E-state index in [9.17, 15) is 4.79 Å². The molecule has 1 saturated heterocycles. The first kappa shape index (κ1) is 14.4. The number of pyridine rings is 1. The number of likely N-dealkylation sites (tertiary alicyclic amines) is 1. The van der Waals surface area contributed by atoms with Gasteiger partial charge in [-0.05, 0) is 29.9 Å². The van der Waals surface area contributed by atoms with E-state index in [1.54, 1.807) is 12.4 Å². The molecule has 2 aliphatic rings. The number of carbonyl (C=O) groups is 1. The number of fused-ring (bicyclic) bond motifs is 1. The number of hydrogen-bond donors (Lipinski definition) is 1. The Morgan fingerprint density at radius 1 is 1.35 bits per heavy atom. The zero-order valence-corrected chi connectivity index (χ0v) is 13.2. The molecule has 6 heteroatoms. The Morgan fingerprint density at radius 2 is 2.17 bits per heavy atom. The second kappa shape index (κ2) is 5.77. The van der Waals surface area contributed by atoms with Crippen LogP contribution in [0.15, 0.2) is 36.9 Å². The zero-order valence-electron chi connectivity index (χ0n) is 13.2. The van der Waals surface area contributed by atoms with Crippen LogP contribution in [0, 0.1) is 17.8 Å². The summed E-state index contributed by atoms with van der Waals surface area (Å²) in [7, 11) is 1.95. The highest BCUT2D eigenvalue weighted by atomic mass is 16.1. The van der Waals surface area contributed by atoms with Gasteiger partial charge in [0.15, 0.2) is 0 Å². The maximum atomic E-state index is 12.1. The van der Waals surface area contributed by atoms with Crippen LogP contribution in [0.5, 0.6) is 0 Å². The third kappa shape index (κ3) is 3.12. The predicted molar refractivity (Wildman–Crippen MR) is 86.4 cm³/mol. The number of nitrogens with one attached hydrogen (secondary N) is 1. The van der Waals surface area contributed by atoms with Gasteiger partial charge in [-0.1, -0.05) is 0 Å². The van der Waals surface area contributed by atoms with Gasteiger partial charge in [0.25, 0.3) is 0 Å². The molecule has 0 aromatic carbocycles. The van der Waals surface area contributed by atoms with Gasteiger partial charge in [0.05, 0.1) is 18.1 Å². The average Bonchev–Trinajstić information content (AvgIpc) is 2.90. The Labute approximate surface area is 135 Å². The number of amides is 1. The fourth-order valence-corrected chi connectivity index (χ4v) is 3.84. The van der Waals surface area contributed by atoms with Crippen LogP contribution in [0.4, 0.5) is 5.69 Å². The van der Waals surface area contributed by atoms with Crippen LogP contribution in [-0.2, 0) is 18.4 Å². The molecule has 1 N–H and O–H groups in total. The van der Waals surface area contributed by atoms with E-state index in [0.717, 1.165) is 25.3 Å². The summed E-state index contributed by atoms with van der Waals surface area (Å²) >= 11 is 0. The normalized spacial score (nSPS) is 26.0. The summed E-state index contributed by atoms with van der Waals surface area (Å²) in [5.41, 5.74) is 2.04. The SMILES string of the molecule is Cn1cc(CN2C[C@@H]3C(CC(=O)Nc4cccnc4)[C@@H]3C2)cn1. The van der Waals surface area contributed by atoms with Crippen LogP contribution in [0.3, 0.4) is 0 Å². The van der Waals surface area contributed by atoms with Crippen molar-refractivity contribution in [3.8, 4) is 0 Å². The van der Waals surface area contributed by atoms with Crippen molar-refractivity contribution in [3.63, 3.8) is 0 Å². The summed E-state index contributed by atoms with van der Waals surface area (Å²) in [5, 5.41) is 7.15. The first-order chi connectivity index (χ1) is 11.2. The van der Waals surface area contributed by atoms with Crippen molar-refractivity contribution in [1.82, 2.24) is 19.7 Å². The molecule has 1 saturated carbocycles. The number of aryl methyl sites for hydroxylation is 1. The number of aromatic nitrogens is 3. The Hall–Kier alpha value is -2.21. The predicted octanol–water partition coefficient (Wildman–Crippen LogP) is 1.52. The van der Waals surface area contributed by atoms with E-state index < -0.39 is 0 Å². The van der Waals surface area contributed by atoms with Crippen LogP contribution in [0.2, 0.25) is 0 Å². The molecule has 2 aromatic heterocycles. The maximum Gasteiger partial charge on any atom is 0.224 e. The fraction of sp³-hybridized carbons (Fsp3) is 0.471. The Balaban J connectivity index is 1.24. The number of piperidine rings is 1. The van der Waals surface area contributed by atoms with Crippen molar-refractivity contribution in [3.05, 3.63) is 42.5 Å². The van der Waals surface area contributed by atoms with Crippen molar-refractivity contribution in [2.75, 3.05) is 18.4 Å². The topological polar surface area (TPSA) is 63.1 Å². The largest absolute Gasteiger partial charge is 0.325 e. The summed E-state index contributed by atoms with van der Waals surface area (Å²) in [6.07, 6.45) is 8.02. The molecule has 23 heavy (non-hydrogen) atoms. The minimum absolute atomic E-state index is 0.108. The van der Waals surface area contributed by atoms with Gasteiger partial charge in [0.2, 0.25) is 5.91 Å². The van der Waals surface area contributed by atoms with Crippen molar-refractivity contribution >= 4 is 11.6 Å². The molecule has 2 aromatic rings. The Morgan fingerprint density at radius 3 is 2.83 bits per heavy atom. The van der Waals surface area contributed by atoms with Gasteiger partial charge in [-0.3, -0.25) is 19.4 Å². The molecule has 1 aliphatic carbocycles. The van der Waals surface area contributed by atoms with Crippen molar-refractivity contribution in [2.24, 2.45) is 24.8 Å². The summed E-state index contributed by atoms with van der Waals surface area (Å²) in [5.74, 6) is 2.03. The highest BCUT2D eigenvalue weighted by molar-refractivity contribution is 5.90. The zero-order chi connectivity index (χ0) is 15.8. The van der Waals surface area contributed by atoms with E-state index in [1.165, 1.54) is 5.56 Å². The van der Waals surface area contributed by atoms with Gasteiger partial charge >= 0.3 is 0 Å². The van der Waals surface area contributed by atoms with Crippen LogP contribution >= 0.6 is 0 Å². The molecular formula is C17H21N5O. The molecule has 3 heterocycles. The molecule has 3 atom stereocenters. The highest BCUT2D eigenvalue weighted by Crippen LogP contribution is 2.53. The molecule has 2 fully saturated rings. The molecule has 1 amide bonds. The number of rotatable bonds is 5. The van der Waals surface area contributed by atoms with Crippen molar-refractivity contribution in [2.45, 2.75) is 13.0 Å². The Kier molecular flexibility index (Phi) is 3.61. The van der Waals surface area contributed by atoms with E-state index in [-0.39, 0.29) is 5.91 Å². The lowest BCUT2D eigenvalue weighted by Gasteiger charge is -2.18. The standard InChI is InChI=1S/C17H21N5O/c1-21-8-12(6-19-21)9-22-10-15-14(16(15)11-22)5-17(23)20-13-3-2-4-18-7-13/h2-4,6-8,14-16H,5,9-11H2,1H3,(H,20,23)/t14?,15-,16+. The van der Waals surface area contributed by atoms with Crippen molar-refractivity contribution < 1.29 is 4.79 Å². The number of anilines is 1. The first-order valence-corrected chi connectivity index (χ1v) is 8.09. The van der Waals surface area contributed by atoms with E-state index >= 15 is 0 Å². The third-order valence-electron chi connectivity index (χ3n) is 4.98. The van der Waals surface area contributed by atoms with Crippen LogP contribution < -0.4 is 5.32 Å². The Bertz CT molecular complexity index is 686. The smallest absolute Gasteiger partial charge is 0.224 e. The van der Waals surface area contributed by atoms with E-state index in [0.29, 0.717) is 24.2 Å². The maximum absolute atomic E-state index is 12.1. The third-order valence-corrected chi connectivity index (χ3v) is 4.98.